The van der Waals surface area contributed by atoms with Crippen LogP contribution in [0, 0.1) is 0 Å². The second-order valence-electron chi connectivity index (χ2n) is 7.07. The molecule has 0 aliphatic carbocycles. The molecule has 1 aromatic heterocycles. The molecule has 11 heteroatoms. The minimum absolute atomic E-state index is 0.253. The van der Waals surface area contributed by atoms with E-state index in [1.54, 1.807) is 4.90 Å². The molecule has 1 fully saturated rings. The maximum atomic E-state index is 12.5. The molecule has 152 valence electrons. The van der Waals surface area contributed by atoms with E-state index in [-0.39, 0.29) is 12.6 Å². The molecule has 0 aromatic carbocycles. The van der Waals surface area contributed by atoms with Gasteiger partial charge in [0, 0.05) is 44.5 Å². The van der Waals surface area contributed by atoms with E-state index in [1.807, 2.05) is 25.7 Å². The summed E-state index contributed by atoms with van der Waals surface area (Å²) in [6.45, 7) is 7.65. The highest BCUT2D eigenvalue weighted by atomic mass is 32.1. The van der Waals surface area contributed by atoms with Gasteiger partial charge in [-0.05, 0) is 20.8 Å². The molecule has 1 aromatic rings. The van der Waals surface area contributed by atoms with E-state index in [0.29, 0.717) is 43.6 Å². The maximum Gasteiger partial charge on any atom is 0.434 e. The van der Waals surface area contributed by atoms with Gasteiger partial charge in [-0.3, -0.25) is 4.99 Å². The summed E-state index contributed by atoms with van der Waals surface area (Å²) in [6.07, 6.45) is -4.49. The van der Waals surface area contributed by atoms with Crippen molar-refractivity contribution in [3.63, 3.8) is 0 Å². The first kappa shape index (κ1) is 21.3. The van der Waals surface area contributed by atoms with E-state index in [9.17, 15) is 18.0 Å². The average molecular weight is 407 g/mol. The van der Waals surface area contributed by atoms with Crippen LogP contribution >= 0.6 is 11.3 Å². The number of guanidine groups is 1. The Bertz CT molecular complexity index is 676. The van der Waals surface area contributed by atoms with E-state index in [4.69, 9.17) is 10.5 Å². The lowest BCUT2D eigenvalue weighted by Gasteiger charge is -2.36. The number of carbonyl (C=O) groups excluding carboxylic acids is 1. The minimum Gasteiger partial charge on any atom is -0.444 e. The van der Waals surface area contributed by atoms with Crippen molar-refractivity contribution < 1.29 is 22.7 Å². The molecule has 1 aliphatic rings. The summed E-state index contributed by atoms with van der Waals surface area (Å²) >= 11 is 0.959. The number of carbonyl (C=O) groups is 1. The van der Waals surface area contributed by atoms with Crippen molar-refractivity contribution in [1.82, 2.24) is 14.8 Å². The van der Waals surface area contributed by atoms with Crippen LogP contribution in [0.4, 0.5) is 18.0 Å². The molecule has 0 radical (unpaired) electrons. The summed E-state index contributed by atoms with van der Waals surface area (Å²) in [5.41, 5.74) is 4.53. The molecule has 0 spiro atoms. The molecule has 1 amide bonds. The molecule has 2 rings (SSSR count). The third-order valence-corrected chi connectivity index (χ3v) is 4.61. The van der Waals surface area contributed by atoms with Crippen LogP contribution in [0.15, 0.2) is 10.4 Å². The Labute approximate surface area is 160 Å². The molecule has 0 bridgehead atoms. The number of halogens is 3. The zero-order valence-electron chi connectivity index (χ0n) is 15.5. The van der Waals surface area contributed by atoms with Gasteiger partial charge in [0.15, 0.2) is 11.7 Å². The van der Waals surface area contributed by atoms with Gasteiger partial charge in [0.05, 0.1) is 5.01 Å². The van der Waals surface area contributed by atoms with E-state index >= 15 is 0 Å². The second-order valence-corrected chi connectivity index (χ2v) is 8.01. The van der Waals surface area contributed by atoms with Crippen LogP contribution in [0.25, 0.3) is 0 Å². The van der Waals surface area contributed by atoms with Crippen molar-refractivity contribution in [2.24, 2.45) is 10.7 Å². The smallest absolute Gasteiger partial charge is 0.434 e. The van der Waals surface area contributed by atoms with Gasteiger partial charge in [0.25, 0.3) is 0 Å². The fourth-order valence-electron chi connectivity index (χ4n) is 2.37. The van der Waals surface area contributed by atoms with Crippen molar-refractivity contribution in [2.75, 3.05) is 32.7 Å². The Morgan fingerprint density at radius 1 is 1.26 bits per heavy atom. The van der Waals surface area contributed by atoms with Gasteiger partial charge < -0.3 is 20.3 Å². The zero-order chi connectivity index (χ0) is 20.2. The van der Waals surface area contributed by atoms with Crippen molar-refractivity contribution in [3.8, 4) is 0 Å². The topological polar surface area (TPSA) is 84.0 Å². The van der Waals surface area contributed by atoms with Crippen LogP contribution in [0.2, 0.25) is 0 Å². The number of nitrogens with two attached hydrogens (primary N) is 1. The Hall–Kier alpha value is -2.04. The largest absolute Gasteiger partial charge is 0.444 e. The average Bonchev–Trinajstić information content (AvgIpc) is 3.02. The molecular weight excluding hydrogens is 383 g/mol. The first-order valence-corrected chi connectivity index (χ1v) is 9.38. The Morgan fingerprint density at radius 3 is 2.37 bits per heavy atom. The third-order valence-electron chi connectivity index (χ3n) is 3.70. The van der Waals surface area contributed by atoms with Crippen LogP contribution in [0.5, 0.6) is 0 Å². The summed E-state index contributed by atoms with van der Waals surface area (Å²) in [5, 5.41) is 1.37. The van der Waals surface area contributed by atoms with Crippen molar-refractivity contribution in [2.45, 2.75) is 39.0 Å². The molecule has 0 atom stereocenters. The predicted octanol–water partition coefficient (Wildman–Crippen LogP) is 2.57. The first-order chi connectivity index (χ1) is 12.5. The van der Waals surface area contributed by atoms with Gasteiger partial charge in [-0.25, -0.2) is 9.78 Å². The molecule has 0 unspecified atom stereocenters. The third kappa shape index (κ3) is 6.56. The number of piperazine rings is 1. The number of thiazole rings is 1. The number of rotatable bonds is 3. The van der Waals surface area contributed by atoms with Gasteiger partial charge >= 0.3 is 12.3 Å². The standard InChI is InChI=1S/C16H24F3N5O2S/c1-15(2,3)26-14(25)24-8-6-23(7-9-24)13(20)21-5-4-12-22-11(10-27-12)16(17,18)19/h10H,4-9H2,1-3H3,(H2,20,21). The van der Waals surface area contributed by atoms with Crippen molar-refractivity contribution in [1.29, 1.82) is 0 Å². The fourth-order valence-corrected chi connectivity index (χ4v) is 3.16. The van der Waals surface area contributed by atoms with Crippen LogP contribution < -0.4 is 5.73 Å². The van der Waals surface area contributed by atoms with E-state index in [2.05, 4.69) is 9.98 Å². The van der Waals surface area contributed by atoms with Gasteiger partial charge in [0.2, 0.25) is 0 Å². The fraction of sp³-hybridized carbons (Fsp3) is 0.688. The number of hydrogen-bond acceptors (Lipinski definition) is 5. The Kier molecular flexibility index (Phi) is 6.55. The SMILES string of the molecule is CC(C)(C)OC(=O)N1CCN(C(N)=NCCc2nc(C(F)(F)F)cs2)CC1. The molecule has 7 nitrogen and oxygen atoms in total. The van der Waals surface area contributed by atoms with Crippen molar-refractivity contribution in [3.05, 3.63) is 16.1 Å². The molecule has 2 heterocycles. The lowest BCUT2D eigenvalue weighted by Crippen LogP contribution is -2.53. The lowest BCUT2D eigenvalue weighted by atomic mass is 10.2. The predicted molar refractivity (Wildman–Crippen MR) is 96.7 cm³/mol. The van der Waals surface area contributed by atoms with E-state index < -0.39 is 17.5 Å². The molecule has 0 saturated carbocycles. The van der Waals surface area contributed by atoms with Gasteiger partial charge in [0.1, 0.15) is 5.60 Å². The highest BCUT2D eigenvalue weighted by molar-refractivity contribution is 7.09. The number of ether oxygens (including phenoxy) is 1. The van der Waals surface area contributed by atoms with Gasteiger partial charge in [-0.2, -0.15) is 13.2 Å². The summed E-state index contributed by atoms with van der Waals surface area (Å²) in [7, 11) is 0. The highest BCUT2D eigenvalue weighted by Crippen LogP contribution is 2.30. The zero-order valence-corrected chi connectivity index (χ0v) is 16.4. The van der Waals surface area contributed by atoms with E-state index in [1.165, 1.54) is 0 Å². The van der Waals surface area contributed by atoms with Crippen LogP contribution in [0.1, 0.15) is 31.5 Å². The number of alkyl halides is 3. The van der Waals surface area contributed by atoms with Crippen molar-refractivity contribution >= 4 is 23.4 Å². The summed E-state index contributed by atoms with van der Waals surface area (Å²) in [4.78, 5) is 23.3. The number of aromatic nitrogens is 1. The maximum absolute atomic E-state index is 12.5. The Morgan fingerprint density at radius 2 is 1.85 bits per heavy atom. The molecular formula is C16H24F3N5O2S. The quantitative estimate of drug-likeness (QED) is 0.615. The van der Waals surface area contributed by atoms with Gasteiger partial charge in [-0.15, -0.1) is 11.3 Å². The summed E-state index contributed by atoms with van der Waals surface area (Å²) < 4.78 is 42.9. The normalized spacial score (nSPS) is 16.6. The summed E-state index contributed by atoms with van der Waals surface area (Å²) in [6, 6.07) is 0. The molecule has 1 aliphatic heterocycles. The second kappa shape index (κ2) is 8.32. The monoisotopic (exact) mass is 407 g/mol. The van der Waals surface area contributed by atoms with E-state index in [0.717, 1.165) is 16.7 Å². The molecule has 27 heavy (non-hydrogen) atoms. The highest BCUT2D eigenvalue weighted by Gasteiger charge is 2.33. The number of amides is 1. The first-order valence-electron chi connectivity index (χ1n) is 8.50. The number of hydrogen-bond donors (Lipinski definition) is 1. The summed E-state index contributed by atoms with van der Waals surface area (Å²) in [5.74, 6) is 0.312. The number of aliphatic imine (C=N–C) groups is 1. The van der Waals surface area contributed by atoms with Crippen LogP contribution in [0.3, 0.4) is 0 Å². The van der Waals surface area contributed by atoms with Gasteiger partial charge in [-0.1, -0.05) is 0 Å². The minimum atomic E-state index is -4.43. The molecule has 1 saturated heterocycles. The molecule has 2 N–H and O–H groups in total. The van der Waals surface area contributed by atoms with Crippen LogP contribution in [-0.4, -0.2) is 65.2 Å². The Balaban J connectivity index is 1.79. The number of nitrogens with zero attached hydrogens (tertiary/aromatic N) is 4. The van der Waals surface area contributed by atoms with Crippen LogP contribution in [-0.2, 0) is 17.3 Å². The lowest BCUT2D eigenvalue weighted by molar-refractivity contribution is -0.140.